The number of rotatable bonds is 3. The Morgan fingerprint density at radius 1 is 1.12 bits per heavy atom. The van der Waals surface area contributed by atoms with E-state index in [1.54, 1.807) is 0 Å². The van der Waals surface area contributed by atoms with E-state index in [2.05, 4.69) is 0 Å². The fourth-order valence-electron chi connectivity index (χ4n) is 1.02. The molecule has 7 heteroatoms. The Bertz CT molecular complexity index is 378. The highest BCUT2D eigenvalue weighted by Crippen LogP contribution is 2.42. The Morgan fingerprint density at radius 3 is 2.12 bits per heavy atom. The molecule has 16 heavy (non-hydrogen) atoms. The third-order valence-corrected chi connectivity index (χ3v) is 2.39. The summed E-state index contributed by atoms with van der Waals surface area (Å²) in [5, 5.41) is -2.55. The lowest BCUT2D eigenvalue weighted by atomic mass is 10.1. The quantitative estimate of drug-likeness (QED) is 0.567. The third-order valence-electron chi connectivity index (χ3n) is 1.86. The summed E-state index contributed by atoms with van der Waals surface area (Å²) in [4.78, 5) is 0. The van der Waals surface area contributed by atoms with Crippen molar-refractivity contribution in [2.24, 2.45) is 0 Å². The standard InChI is InChI=1S/C9H5ClF6/c10-7(9(15,16)8(13)14)5-2-1-4(11)3-6(5)12/h1-3,7-8H. The van der Waals surface area contributed by atoms with Crippen LogP contribution >= 0.6 is 11.6 Å². The third kappa shape index (κ3) is 2.42. The van der Waals surface area contributed by atoms with Crippen LogP contribution in [0, 0.1) is 11.6 Å². The van der Waals surface area contributed by atoms with E-state index in [1.165, 1.54) is 0 Å². The number of hydrogen-bond acceptors (Lipinski definition) is 0. The van der Waals surface area contributed by atoms with Crippen LogP contribution < -0.4 is 0 Å². The van der Waals surface area contributed by atoms with Gasteiger partial charge in [0.15, 0.2) is 0 Å². The summed E-state index contributed by atoms with van der Waals surface area (Å²) in [6.07, 6.45) is -4.03. The fraction of sp³-hybridized carbons (Fsp3) is 0.333. The van der Waals surface area contributed by atoms with E-state index >= 15 is 0 Å². The average Bonchev–Trinajstić information content (AvgIpc) is 2.16. The van der Waals surface area contributed by atoms with Crippen molar-refractivity contribution in [2.75, 3.05) is 0 Å². The number of halogens is 7. The van der Waals surface area contributed by atoms with E-state index in [9.17, 15) is 26.3 Å². The van der Waals surface area contributed by atoms with Crippen molar-refractivity contribution in [2.45, 2.75) is 17.7 Å². The molecule has 0 radical (unpaired) electrons. The van der Waals surface area contributed by atoms with Crippen molar-refractivity contribution in [3.8, 4) is 0 Å². The van der Waals surface area contributed by atoms with Gasteiger partial charge in [-0.3, -0.25) is 0 Å². The average molecular weight is 263 g/mol. The topological polar surface area (TPSA) is 0 Å². The Kier molecular flexibility index (Phi) is 3.72. The Hall–Kier alpha value is -0.910. The normalized spacial score (nSPS) is 14.2. The van der Waals surface area contributed by atoms with E-state index < -0.39 is 34.9 Å². The molecule has 0 aliphatic rings. The highest BCUT2D eigenvalue weighted by Gasteiger charge is 2.49. The van der Waals surface area contributed by atoms with Crippen LogP contribution in [0.4, 0.5) is 26.3 Å². The molecule has 90 valence electrons. The Labute approximate surface area is 91.8 Å². The van der Waals surface area contributed by atoms with Crippen molar-refractivity contribution in [1.82, 2.24) is 0 Å². The smallest absolute Gasteiger partial charge is 0.207 e. The number of alkyl halides is 5. The van der Waals surface area contributed by atoms with Gasteiger partial charge in [-0.1, -0.05) is 6.07 Å². The zero-order valence-electron chi connectivity index (χ0n) is 7.53. The second-order valence-corrected chi connectivity index (χ2v) is 3.44. The summed E-state index contributed by atoms with van der Waals surface area (Å²) in [5.41, 5.74) is -0.867. The van der Waals surface area contributed by atoms with Gasteiger partial charge >= 0.3 is 12.3 Å². The van der Waals surface area contributed by atoms with Gasteiger partial charge in [-0.2, -0.15) is 8.78 Å². The van der Waals surface area contributed by atoms with Crippen LogP contribution in [0.2, 0.25) is 0 Å². The second-order valence-electron chi connectivity index (χ2n) is 3.00. The molecule has 0 aliphatic heterocycles. The van der Waals surface area contributed by atoms with Crippen LogP contribution in [0.1, 0.15) is 10.9 Å². The molecule has 0 aliphatic carbocycles. The van der Waals surface area contributed by atoms with Gasteiger partial charge in [0.25, 0.3) is 0 Å². The van der Waals surface area contributed by atoms with Crippen molar-refractivity contribution in [1.29, 1.82) is 0 Å². The van der Waals surface area contributed by atoms with Gasteiger partial charge in [0, 0.05) is 11.6 Å². The molecule has 0 fully saturated rings. The maximum atomic E-state index is 13.0. The zero-order valence-corrected chi connectivity index (χ0v) is 8.29. The molecule has 1 aromatic rings. The highest BCUT2D eigenvalue weighted by atomic mass is 35.5. The van der Waals surface area contributed by atoms with E-state index in [4.69, 9.17) is 11.6 Å². The molecule has 0 spiro atoms. The molecule has 0 N–H and O–H groups in total. The molecule has 1 aromatic carbocycles. The summed E-state index contributed by atoms with van der Waals surface area (Å²) in [6, 6.07) is 1.57. The van der Waals surface area contributed by atoms with Crippen molar-refractivity contribution in [3.63, 3.8) is 0 Å². The molecule has 0 nitrogen and oxygen atoms in total. The highest BCUT2D eigenvalue weighted by molar-refractivity contribution is 6.21. The molecule has 1 unspecified atom stereocenters. The van der Waals surface area contributed by atoms with E-state index in [0.717, 1.165) is 0 Å². The van der Waals surface area contributed by atoms with E-state index in [-0.39, 0.29) is 0 Å². The van der Waals surface area contributed by atoms with E-state index in [0.29, 0.717) is 18.2 Å². The summed E-state index contributed by atoms with van der Waals surface area (Å²) < 4.78 is 74.8. The van der Waals surface area contributed by atoms with Crippen molar-refractivity contribution < 1.29 is 26.3 Å². The predicted octanol–water partition coefficient (Wildman–Crippen LogP) is 4.15. The molecule has 0 heterocycles. The first-order chi connectivity index (χ1) is 7.26. The first-order valence-corrected chi connectivity index (χ1v) is 4.45. The van der Waals surface area contributed by atoms with Crippen LogP contribution in [-0.2, 0) is 0 Å². The second kappa shape index (κ2) is 4.53. The largest absolute Gasteiger partial charge is 0.327 e. The van der Waals surface area contributed by atoms with Crippen molar-refractivity contribution >= 4 is 11.6 Å². The molecule has 1 rings (SSSR count). The molecule has 0 saturated carbocycles. The lowest BCUT2D eigenvalue weighted by molar-refractivity contribution is -0.131. The summed E-state index contributed by atoms with van der Waals surface area (Å²) in [5.74, 6) is -6.98. The lowest BCUT2D eigenvalue weighted by Crippen LogP contribution is -2.32. The monoisotopic (exact) mass is 262 g/mol. The van der Waals surface area contributed by atoms with Crippen LogP contribution in [0.15, 0.2) is 18.2 Å². The molecule has 0 aromatic heterocycles. The number of hydrogen-bond donors (Lipinski definition) is 0. The summed E-state index contributed by atoms with van der Waals surface area (Å²) in [7, 11) is 0. The lowest BCUT2D eigenvalue weighted by Gasteiger charge is -2.21. The van der Waals surface area contributed by atoms with Gasteiger partial charge in [-0.25, -0.2) is 17.6 Å². The fourth-order valence-corrected chi connectivity index (χ4v) is 1.30. The zero-order chi connectivity index (χ0) is 12.5. The maximum Gasteiger partial charge on any atom is 0.327 e. The molecule has 0 saturated heterocycles. The number of benzene rings is 1. The summed E-state index contributed by atoms with van der Waals surface area (Å²) in [6.45, 7) is 0. The first kappa shape index (κ1) is 13.2. The van der Waals surface area contributed by atoms with Crippen LogP contribution in [0.3, 0.4) is 0 Å². The first-order valence-electron chi connectivity index (χ1n) is 4.01. The van der Waals surface area contributed by atoms with Crippen LogP contribution in [0.5, 0.6) is 0 Å². The molecular formula is C9H5ClF6. The minimum absolute atomic E-state index is 0.298. The van der Waals surface area contributed by atoms with Crippen LogP contribution in [-0.4, -0.2) is 12.3 Å². The maximum absolute atomic E-state index is 13.0. The van der Waals surface area contributed by atoms with Gasteiger partial charge < -0.3 is 0 Å². The minimum atomic E-state index is -4.58. The minimum Gasteiger partial charge on any atom is -0.207 e. The van der Waals surface area contributed by atoms with Crippen LogP contribution in [0.25, 0.3) is 0 Å². The molecule has 0 bridgehead atoms. The molecule has 1 atom stereocenters. The van der Waals surface area contributed by atoms with Gasteiger partial charge in [0.1, 0.15) is 17.0 Å². The van der Waals surface area contributed by atoms with Crippen molar-refractivity contribution in [3.05, 3.63) is 35.4 Å². The Morgan fingerprint density at radius 2 is 1.69 bits per heavy atom. The predicted molar refractivity (Wildman–Crippen MR) is 45.9 cm³/mol. The van der Waals surface area contributed by atoms with E-state index in [1.807, 2.05) is 0 Å². The molecule has 0 amide bonds. The summed E-state index contributed by atoms with van der Waals surface area (Å²) >= 11 is 5.06. The SMILES string of the molecule is Fc1ccc(C(Cl)C(F)(F)C(F)F)c(F)c1. The Balaban J connectivity index is 3.10. The van der Waals surface area contributed by atoms with Gasteiger partial charge in [-0.15, -0.1) is 11.6 Å². The van der Waals surface area contributed by atoms with Gasteiger partial charge in [0.2, 0.25) is 0 Å². The molecular weight excluding hydrogens is 258 g/mol. The van der Waals surface area contributed by atoms with Gasteiger partial charge in [-0.05, 0) is 6.07 Å². The van der Waals surface area contributed by atoms with Gasteiger partial charge in [0.05, 0.1) is 0 Å².